The average Bonchev–Trinajstić information content (AvgIpc) is 2.91. The lowest BCUT2D eigenvalue weighted by Crippen LogP contribution is -2.38. The Kier molecular flexibility index (Phi) is 3.86. The van der Waals surface area contributed by atoms with Crippen LogP contribution in [0.3, 0.4) is 0 Å². The first kappa shape index (κ1) is 10.5. The van der Waals surface area contributed by atoms with Gasteiger partial charge in [-0.25, -0.2) is 0 Å². The van der Waals surface area contributed by atoms with Gasteiger partial charge in [0.15, 0.2) is 0 Å². The molecule has 2 rings (SSSR count). The lowest BCUT2D eigenvalue weighted by Gasteiger charge is -2.25. The molecule has 1 heteroatoms. The Bertz CT molecular complexity index is 155. The van der Waals surface area contributed by atoms with Crippen molar-refractivity contribution in [3.63, 3.8) is 0 Å². The van der Waals surface area contributed by atoms with Gasteiger partial charge in [-0.15, -0.1) is 0 Å². The number of rotatable bonds is 3. The molecule has 2 aliphatic carbocycles. The number of nitrogens with one attached hydrogen (secondary N) is 1. The number of hydrogen-bond donors (Lipinski definition) is 1. The molecular weight excluding hydrogens is 170 g/mol. The minimum atomic E-state index is 0.791. The van der Waals surface area contributed by atoms with Crippen LogP contribution in [0.4, 0.5) is 0 Å². The van der Waals surface area contributed by atoms with Crippen LogP contribution in [0.2, 0.25) is 0 Å². The molecule has 82 valence electrons. The fourth-order valence-corrected chi connectivity index (χ4v) is 2.73. The summed E-state index contributed by atoms with van der Waals surface area (Å²) in [5, 5.41) is 3.85. The SMILES string of the molecule is C[C@H](NC1CCCCCCC1)C1CC1. The van der Waals surface area contributed by atoms with E-state index in [2.05, 4.69) is 12.2 Å². The number of hydrogen-bond acceptors (Lipinski definition) is 1. The van der Waals surface area contributed by atoms with Gasteiger partial charge < -0.3 is 5.32 Å². The quantitative estimate of drug-likeness (QED) is 0.727. The molecule has 0 heterocycles. The van der Waals surface area contributed by atoms with Crippen LogP contribution in [0.1, 0.15) is 64.7 Å². The second kappa shape index (κ2) is 5.16. The van der Waals surface area contributed by atoms with Crippen molar-refractivity contribution in [1.82, 2.24) is 5.32 Å². The standard InChI is InChI=1S/C13H25N/c1-11(12-9-10-12)14-13-7-5-3-2-4-6-8-13/h11-14H,2-10H2,1H3/t11-/m0/s1. The Balaban J connectivity index is 1.70. The van der Waals surface area contributed by atoms with Crippen LogP contribution < -0.4 is 5.32 Å². The summed E-state index contributed by atoms with van der Waals surface area (Å²) < 4.78 is 0. The highest BCUT2D eigenvalue weighted by atomic mass is 15.0. The summed E-state index contributed by atoms with van der Waals surface area (Å²) in [6.45, 7) is 2.39. The van der Waals surface area contributed by atoms with Crippen molar-refractivity contribution in [2.24, 2.45) is 5.92 Å². The molecule has 0 aromatic heterocycles. The highest BCUT2D eigenvalue weighted by molar-refractivity contribution is 4.85. The normalized spacial score (nSPS) is 28.1. The molecule has 0 unspecified atom stereocenters. The largest absolute Gasteiger partial charge is 0.311 e. The lowest BCUT2D eigenvalue weighted by atomic mass is 9.96. The molecule has 0 aliphatic heterocycles. The molecule has 14 heavy (non-hydrogen) atoms. The first-order chi connectivity index (χ1) is 6.86. The third-order valence-corrected chi connectivity index (χ3v) is 3.93. The Morgan fingerprint density at radius 1 is 0.857 bits per heavy atom. The zero-order valence-corrected chi connectivity index (χ0v) is 9.60. The average molecular weight is 195 g/mol. The van der Waals surface area contributed by atoms with E-state index >= 15 is 0 Å². The second-order valence-corrected chi connectivity index (χ2v) is 5.33. The zero-order chi connectivity index (χ0) is 9.80. The topological polar surface area (TPSA) is 12.0 Å². The Morgan fingerprint density at radius 3 is 2.00 bits per heavy atom. The minimum absolute atomic E-state index is 0.791. The van der Waals surface area contributed by atoms with E-state index in [9.17, 15) is 0 Å². The van der Waals surface area contributed by atoms with E-state index < -0.39 is 0 Å². The van der Waals surface area contributed by atoms with Crippen molar-refractivity contribution in [1.29, 1.82) is 0 Å². The first-order valence-corrected chi connectivity index (χ1v) is 6.62. The summed E-state index contributed by atoms with van der Waals surface area (Å²) in [6.07, 6.45) is 13.1. The molecule has 2 fully saturated rings. The summed E-state index contributed by atoms with van der Waals surface area (Å²) in [4.78, 5) is 0. The van der Waals surface area contributed by atoms with Crippen molar-refractivity contribution < 1.29 is 0 Å². The molecule has 2 saturated carbocycles. The molecular formula is C13H25N. The van der Waals surface area contributed by atoms with Crippen LogP contribution in [0.5, 0.6) is 0 Å². The maximum absolute atomic E-state index is 3.85. The van der Waals surface area contributed by atoms with Crippen LogP contribution >= 0.6 is 0 Å². The highest BCUT2D eigenvalue weighted by Crippen LogP contribution is 2.33. The molecule has 0 aromatic rings. The second-order valence-electron chi connectivity index (χ2n) is 5.33. The maximum atomic E-state index is 3.85. The van der Waals surface area contributed by atoms with E-state index in [-0.39, 0.29) is 0 Å². The molecule has 1 nitrogen and oxygen atoms in total. The highest BCUT2D eigenvalue weighted by Gasteiger charge is 2.29. The van der Waals surface area contributed by atoms with Gasteiger partial charge in [0.05, 0.1) is 0 Å². The van der Waals surface area contributed by atoms with Crippen LogP contribution in [-0.2, 0) is 0 Å². The van der Waals surface area contributed by atoms with E-state index in [0.29, 0.717) is 0 Å². The van der Waals surface area contributed by atoms with E-state index in [0.717, 1.165) is 18.0 Å². The molecule has 1 atom stereocenters. The zero-order valence-electron chi connectivity index (χ0n) is 9.60. The monoisotopic (exact) mass is 195 g/mol. The summed E-state index contributed by atoms with van der Waals surface area (Å²) in [5.41, 5.74) is 0. The summed E-state index contributed by atoms with van der Waals surface area (Å²) >= 11 is 0. The molecule has 0 amide bonds. The van der Waals surface area contributed by atoms with Crippen molar-refractivity contribution in [2.45, 2.75) is 76.8 Å². The summed E-state index contributed by atoms with van der Waals surface area (Å²) in [5.74, 6) is 1.01. The van der Waals surface area contributed by atoms with Crippen molar-refractivity contribution >= 4 is 0 Å². The van der Waals surface area contributed by atoms with E-state index in [1.165, 1.54) is 57.8 Å². The summed E-state index contributed by atoms with van der Waals surface area (Å²) in [7, 11) is 0. The van der Waals surface area contributed by atoms with Crippen LogP contribution in [-0.4, -0.2) is 12.1 Å². The van der Waals surface area contributed by atoms with Gasteiger partial charge in [-0.3, -0.25) is 0 Å². The van der Waals surface area contributed by atoms with Crippen molar-refractivity contribution in [3.05, 3.63) is 0 Å². The van der Waals surface area contributed by atoms with E-state index in [1.54, 1.807) is 0 Å². The predicted octanol–water partition coefficient (Wildman–Crippen LogP) is 3.49. The molecule has 0 spiro atoms. The Hall–Kier alpha value is -0.0400. The minimum Gasteiger partial charge on any atom is -0.311 e. The van der Waals surface area contributed by atoms with Crippen LogP contribution in [0.15, 0.2) is 0 Å². The lowest BCUT2D eigenvalue weighted by molar-refractivity contribution is 0.344. The smallest absolute Gasteiger partial charge is 0.00696 e. The fourth-order valence-electron chi connectivity index (χ4n) is 2.73. The van der Waals surface area contributed by atoms with E-state index in [4.69, 9.17) is 0 Å². The molecule has 0 saturated heterocycles. The van der Waals surface area contributed by atoms with Gasteiger partial charge in [0.1, 0.15) is 0 Å². The third-order valence-electron chi connectivity index (χ3n) is 3.93. The van der Waals surface area contributed by atoms with Gasteiger partial charge in [0.25, 0.3) is 0 Å². The van der Waals surface area contributed by atoms with Crippen LogP contribution in [0.25, 0.3) is 0 Å². The van der Waals surface area contributed by atoms with Gasteiger partial charge in [0, 0.05) is 12.1 Å². The van der Waals surface area contributed by atoms with Crippen LogP contribution in [0, 0.1) is 5.92 Å². The molecule has 0 bridgehead atoms. The third kappa shape index (κ3) is 3.27. The predicted molar refractivity (Wildman–Crippen MR) is 61.4 cm³/mol. The van der Waals surface area contributed by atoms with E-state index in [1.807, 2.05) is 0 Å². The first-order valence-electron chi connectivity index (χ1n) is 6.62. The van der Waals surface area contributed by atoms with Gasteiger partial charge in [0.2, 0.25) is 0 Å². The Morgan fingerprint density at radius 2 is 1.43 bits per heavy atom. The Labute approximate surface area is 88.7 Å². The fraction of sp³-hybridized carbons (Fsp3) is 1.00. The van der Waals surface area contributed by atoms with Crippen molar-refractivity contribution in [2.75, 3.05) is 0 Å². The van der Waals surface area contributed by atoms with Gasteiger partial charge in [-0.1, -0.05) is 32.1 Å². The maximum Gasteiger partial charge on any atom is 0.00696 e. The summed E-state index contributed by atoms with van der Waals surface area (Å²) in [6, 6.07) is 1.63. The van der Waals surface area contributed by atoms with Gasteiger partial charge in [-0.2, -0.15) is 0 Å². The molecule has 2 aliphatic rings. The van der Waals surface area contributed by atoms with Crippen molar-refractivity contribution in [3.8, 4) is 0 Å². The van der Waals surface area contributed by atoms with Gasteiger partial charge in [-0.05, 0) is 38.5 Å². The molecule has 0 radical (unpaired) electrons. The molecule has 0 aromatic carbocycles. The molecule has 1 N–H and O–H groups in total. The van der Waals surface area contributed by atoms with Gasteiger partial charge >= 0.3 is 0 Å².